The highest BCUT2D eigenvalue weighted by atomic mass is 16.3. The highest BCUT2D eigenvalue weighted by Gasteiger charge is 1.89. The van der Waals surface area contributed by atoms with Gasteiger partial charge in [-0.1, -0.05) is 19.1 Å². The molecule has 10 heavy (non-hydrogen) atoms. The average molecular weight is 135 g/mol. The summed E-state index contributed by atoms with van der Waals surface area (Å²) in [5, 5.41) is 8.91. The van der Waals surface area contributed by atoms with Gasteiger partial charge in [0.2, 0.25) is 0 Å². The van der Waals surface area contributed by atoms with Gasteiger partial charge in [0.1, 0.15) is 5.75 Å². The molecule has 0 unspecified atom stereocenters. The molecule has 1 aromatic carbocycles. The van der Waals surface area contributed by atoms with E-state index in [1.54, 1.807) is 12.1 Å². The van der Waals surface area contributed by atoms with Crippen LogP contribution < -0.4 is 0 Å². The van der Waals surface area contributed by atoms with Gasteiger partial charge in [0, 0.05) is 0 Å². The Bertz CT molecular complexity index is 188. The molecular weight excluding hydrogens is 124 g/mol. The smallest absolute Gasteiger partial charge is 0.115 e. The van der Waals surface area contributed by atoms with Crippen LogP contribution in [0.1, 0.15) is 18.9 Å². The molecule has 1 N–H and O–H groups in total. The van der Waals surface area contributed by atoms with Crippen molar-refractivity contribution in [2.45, 2.75) is 13.3 Å². The van der Waals surface area contributed by atoms with Gasteiger partial charge in [-0.25, -0.2) is 0 Å². The Labute approximate surface area is 61.3 Å². The maximum absolute atomic E-state index is 8.91. The fourth-order valence-corrected chi connectivity index (χ4v) is 0.846. The van der Waals surface area contributed by atoms with E-state index in [4.69, 9.17) is 5.11 Å². The highest BCUT2D eigenvalue weighted by Crippen LogP contribution is 2.11. The molecule has 0 amide bonds. The van der Waals surface area contributed by atoms with Crippen LogP contribution in [0.15, 0.2) is 24.3 Å². The molecule has 0 aliphatic carbocycles. The number of rotatable bonds is 2. The van der Waals surface area contributed by atoms with Crippen LogP contribution in [0, 0.1) is 6.42 Å². The SMILES string of the molecule is CC[CH]c1ccc(O)cc1. The Kier molecular flexibility index (Phi) is 2.32. The maximum Gasteiger partial charge on any atom is 0.115 e. The van der Waals surface area contributed by atoms with E-state index < -0.39 is 0 Å². The molecule has 0 bridgehead atoms. The molecule has 1 radical (unpaired) electrons. The molecule has 0 spiro atoms. The average Bonchev–Trinajstić information content (AvgIpc) is 1.95. The van der Waals surface area contributed by atoms with Crippen molar-refractivity contribution in [3.63, 3.8) is 0 Å². The molecule has 1 rings (SSSR count). The van der Waals surface area contributed by atoms with Crippen LogP contribution in [0.2, 0.25) is 0 Å². The molecule has 1 heteroatoms. The molecule has 0 saturated heterocycles. The maximum atomic E-state index is 8.91. The minimum Gasteiger partial charge on any atom is -0.508 e. The van der Waals surface area contributed by atoms with E-state index in [1.165, 1.54) is 5.56 Å². The first-order valence-corrected chi connectivity index (χ1v) is 3.45. The highest BCUT2D eigenvalue weighted by molar-refractivity contribution is 5.29. The van der Waals surface area contributed by atoms with Crippen LogP contribution in [0.5, 0.6) is 5.75 Å². The van der Waals surface area contributed by atoms with Crippen molar-refractivity contribution >= 4 is 0 Å². The Morgan fingerprint density at radius 1 is 1.30 bits per heavy atom. The van der Waals surface area contributed by atoms with Crippen molar-refractivity contribution in [1.82, 2.24) is 0 Å². The van der Waals surface area contributed by atoms with E-state index in [-0.39, 0.29) is 0 Å². The molecule has 0 heterocycles. The Balaban J connectivity index is 2.69. The van der Waals surface area contributed by atoms with Crippen molar-refractivity contribution in [2.75, 3.05) is 0 Å². The van der Waals surface area contributed by atoms with Crippen molar-refractivity contribution in [3.05, 3.63) is 36.2 Å². The molecule has 0 atom stereocenters. The largest absolute Gasteiger partial charge is 0.508 e. The third-order valence-electron chi connectivity index (χ3n) is 1.33. The van der Waals surface area contributed by atoms with Gasteiger partial charge in [0.05, 0.1) is 0 Å². The van der Waals surface area contributed by atoms with Gasteiger partial charge in [0.15, 0.2) is 0 Å². The lowest BCUT2D eigenvalue weighted by Crippen LogP contribution is -1.76. The molecule has 1 aromatic rings. The molecule has 0 aliphatic heterocycles. The van der Waals surface area contributed by atoms with Gasteiger partial charge in [0.25, 0.3) is 0 Å². The zero-order valence-corrected chi connectivity index (χ0v) is 6.04. The summed E-state index contributed by atoms with van der Waals surface area (Å²) in [6.07, 6.45) is 3.14. The normalized spacial score (nSPS) is 9.70. The van der Waals surface area contributed by atoms with Crippen LogP contribution in [0.3, 0.4) is 0 Å². The van der Waals surface area contributed by atoms with E-state index in [1.807, 2.05) is 12.1 Å². The minimum atomic E-state index is 0.327. The molecule has 0 fully saturated rings. The van der Waals surface area contributed by atoms with E-state index in [2.05, 4.69) is 13.3 Å². The van der Waals surface area contributed by atoms with Gasteiger partial charge in [-0.15, -0.1) is 0 Å². The molecule has 0 aliphatic rings. The molecule has 0 aromatic heterocycles. The van der Waals surface area contributed by atoms with Gasteiger partial charge in [-0.05, 0) is 30.5 Å². The number of hydrogen-bond acceptors (Lipinski definition) is 1. The van der Waals surface area contributed by atoms with Gasteiger partial charge < -0.3 is 5.11 Å². The number of phenols is 1. The van der Waals surface area contributed by atoms with Crippen LogP contribution in [0.25, 0.3) is 0 Å². The van der Waals surface area contributed by atoms with Gasteiger partial charge >= 0.3 is 0 Å². The number of aromatic hydroxyl groups is 1. The summed E-state index contributed by atoms with van der Waals surface area (Å²) < 4.78 is 0. The first kappa shape index (κ1) is 7.13. The standard InChI is InChI=1S/C9H11O/c1-2-3-8-4-6-9(10)7-5-8/h3-7,10H,2H2,1H3. The Morgan fingerprint density at radius 2 is 1.90 bits per heavy atom. The lowest BCUT2D eigenvalue weighted by molar-refractivity contribution is 0.475. The van der Waals surface area contributed by atoms with Crippen LogP contribution >= 0.6 is 0 Å². The zero-order chi connectivity index (χ0) is 7.40. The fourth-order valence-electron chi connectivity index (χ4n) is 0.846. The third-order valence-corrected chi connectivity index (χ3v) is 1.33. The molecule has 53 valence electrons. The quantitative estimate of drug-likeness (QED) is 0.660. The number of hydrogen-bond donors (Lipinski definition) is 1. The topological polar surface area (TPSA) is 20.2 Å². The van der Waals surface area contributed by atoms with E-state index in [0.717, 1.165) is 6.42 Å². The van der Waals surface area contributed by atoms with Gasteiger partial charge in [-0.2, -0.15) is 0 Å². The predicted octanol–water partition coefficient (Wildman–Crippen LogP) is 2.35. The first-order chi connectivity index (χ1) is 4.83. The summed E-state index contributed by atoms with van der Waals surface area (Å²) in [5.74, 6) is 0.327. The monoisotopic (exact) mass is 135 g/mol. The number of phenolic OH excluding ortho intramolecular Hbond substituents is 1. The summed E-state index contributed by atoms with van der Waals surface area (Å²) >= 11 is 0. The molecule has 1 nitrogen and oxygen atoms in total. The van der Waals surface area contributed by atoms with Crippen LogP contribution in [-0.2, 0) is 0 Å². The van der Waals surface area contributed by atoms with Crippen molar-refractivity contribution in [2.24, 2.45) is 0 Å². The summed E-state index contributed by atoms with van der Waals surface area (Å²) in [6, 6.07) is 7.20. The first-order valence-electron chi connectivity index (χ1n) is 3.45. The summed E-state index contributed by atoms with van der Waals surface area (Å²) in [4.78, 5) is 0. The van der Waals surface area contributed by atoms with Crippen molar-refractivity contribution < 1.29 is 5.11 Å². The molecule has 0 saturated carbocycles. The fraction of sp³-hybridized carbons (Fsp3) is 0.222. The summed E-state index contributed by atoms with van der Waals surface area (Å²) in [6.45, 7) is 2.09. The lowest BCUT2D eigenvalue weighted by Gasteiger charge is -1.96. The van der Waals surface area contributed by atoms with Crippen molar-refractivity contribution in [3.8, 4) is 5.75 Å². The second-order valence-corrected chi connectivity index (χ2v) is 2.20. The second kappa shape index (κ2) is 3.25. The van der Waals surface area contributed by atoms with E-state index >= 15 is 0 Å². The zero-order valence-electron chi connectivity index (χ0n) is 6.04. The second-order valence-electron chi connectivity index (χ2n) is 2.20. The summed E-state index contributed by atoms with van der Waals surface area (Å²) in [7, 11) is 0. The van der Waals surface area contributed by atoms with Crippen LogP contribution in [-0.4, -0.2) is 5.11 Å². The van der Waals surface area contributed by atoms with Crippen molar-refractivity contribution in [1.29, 1.82) is 0 Å². The third kappa shape index (κ3) is 1.76. The Hall–Kier alpha value is -0.980. The lowest BCUT2D eigenvalue weighted by atomic mass is 10.1. The predicted molar refractivity (Wildman–Crippen MR) is 41.8 cm³/mol. The molecular formula is C9H11O. The summed E-state index contributed by atoms with van der Waals surface area (Å²) in [5.41, 5.74) is 1.17. The van der Waals surface area contributed by atoms with Crippen LogP contribution in [0.4, 0.5) is 0 Å². The number of benzene rings is 1. The minimum absolute atomic E-state index is 0.327. The Morgan fingerprint density at radius 3 is 2.40 bits per heavy atom. The van der Waals surface area contributed by atoms with E-state index in [0.29, 0.717) is 5.75 Å². The van der Waals surface area contributed by atoms with E-state index in [9.17, 15) is 0 Å². The van der Waals surface area contributed by atoms with Gasteiger partial charge in [-0.3, -0.25) is 0 Å².